The standard InChI is InChI=1S/C12H20N2O5/c15-8-5-10(13-6-8)12(18)14-3-1-9(2-4-14)19-7-11(16)17/h8-10,13,15H,1-7H2,(H,16,17)/t8-,10-/m1/s1. The van der Waals surface area contributed by atoms with E-state index in [0.717, 1.165) is 0 Å². The number of likely N-dealkylation sites (tertiary alicyclic amines) is 1. The van der Waals surface area contributed by atoms with Crippen molar-refractivity contribution in [3.8, 4) is 0 Å². The Morgan fingerprint density at radius 2 is 2.00 bits per heavy atom. The fourth-order valence-corrected chi connectivity index (χ4v) is 2.56. The summed E-state index contributed by atoms with van der Waals surface area (Å²) in [4.78, 5) is 24.3. The van der Waals surface area contributed by atoms with E-state index in [2.05, 4.69) is 5.32 Å². The molecule has 7 nitrogen and oxygen atoms in total. The van der Waals surface area contributed by atoms with Gasteiger partial charge in [-0.25, -0.2) is 4.79 Å². The van der Waals surface area contributed by atoms with Gasteiger partial charge in [-0.3, -0.25) is 4.79 Å². The van der Waals surface area contributed by atoms with Gasteiger partial charge in [0.1, 0.15) is 6.61 Å². The lowest BCUT2D eigenvalue weighted by molar-refractivity contribution is -0.147. The van der Waals surface area contributed by atoms with E-state index in [-0.39, 0.29) is 24.7 Å². The SMILES string of the molecule is O=C(O)COC1CCN(C(=O)[C@H]2C[C@@H](O)CN2)CC1. The molecule has 0 aromatic rings. The number of hydrogen-bond donors (Lipinski definition) is 3. The number of nitrogens with zero attached hydrogens (tertiary/aromatic N) is 1. The van der Waals surface area contributed by atoms with E-state index in [0.29, 0.717) is 38.9 Å². The van der Waals surface area contributed by atoms with Crippen LogP contribution in [-0.4, -0.2) is 71.5 Å². The highest BCUT2D eigenvalue weighted by Crippen LogP contribution is 2.17. The minimum Gasteiger partial charge on any atom is -0.480 e. The quantitative estimate of drug-likeness (QED) is 0.594. The maximum atomic E-state index is 12.1. The fraction of sp³-hybridized carbons (Fsp3) is 0.833. The molecule has 2 aliphatic heterocycles. The monoisotopic (exact) mass is 272 g/mol. The van der Waals surface area contributed by atoms with Crippen molar-refractivity contribution in [2.45, 2.75) is 37.5 Å². The van der Waals surface area contributed by atoms with Crippen molar-refractivity contribution in [2.24, 2.45) is 0 Å². The number of aliphatic carboxylic acids is 1. The van der Waals surface area contributed by atoms with Crippen molar-refractivity contribution in [3.05, 3.63) is 0 Å². The van der Waals surface area contributed by atoms with Crippen LogP contribution < -0.4 is 5.32 Å². The van der Waals surface area contributed by atoms with Gasteiger partial charge in [0.15, 0.2) is 0 Å². The summed E-state index contributed by atoms with van der Waals surface area (Å²) in [7, 11) is 0. The van der Waals surface area contributed by atoms with Crippen LogP contribution in [0.1, 0.15) is 19.3 Å². The Morgan fingerprint density at radius 3 is 2.53 bits per heavy atom. The number of carbonyl (C=O) groups excluding carboxylic acids is 1. The molecule has 2 atom stereocenters. The Bertz CT molecular complexity index is 341. The second-order valence-electron chi connectivity index (χ2n) is 5.08. The molecule has 7 heteroatoms. The van der Waals surface area contributed by atoms with Crippen molar-refractivity contribution in [2.75, 3.05) is 26.2 Å². The van der Waals surface area contributed by atoms with Gasteiger partial charge in [-0.15, -0.1) is 0 Å². The molecule has 2 rings (SSSR count). The molecule has 0 aliphatic carbocycles. The maximum absolute atomic E-state index is 12.1. The zero-order valence-electron chi connectivity index (χ0n) is 10.7. The van der Waals surface area contributed by atoms with Crippen LogP contribution in [0.2, 0.25) is 0 Å². The number of amides is 1. The fourth-order valence-electron chi connectivity index (χ4n) is 2.56. The topological polar surface area (TPSA) is 99.1 Å². The second-order valence-corrected chi connectivity index (χ2v) is 5.08. The Kier molecular flexibility index (Phi) is 4.73. The number of nitrogens with one attached hydrogen (secondary N) is 1. The van der Waals surface area contributed by atoms with Crippen molar-refractivity contribution in [1.82, 2.24) is 10.2 Å². The van der Waals surface area contributed by atoms with E-state index in [1.54, 1.807) is 4.90 Å². The van der Waals surface area contributed by atoms with Crippen LogP contribution >= 0.6 is 0 Å². The molecule has 0 aromatic carbocycles. The molecule has 0 aromatic heterocycles. The third kappa shape index (κ3) is 3.89. The number of ether oxygens (including phenoxy) is 1. The number of carboxylic acids is 1. The Balaban J connectivity index is 1.73. The van der Waals surface area contributed by atoms with Crippen LogP contribution in [-0.2, 0) is 14.3 Å². The van der Waals surface area contributed by atoms with Gasteiger partial charge in [0.25, 0.3) is 0 Å². The highest BCUT2D eigenvalue weighted by molar-refractivity contribution is 5.82. The van der Waals surface area contributed by atoms with Gasteiger partial charge in [-0.2, -0.15) is 0 Å². The molecular weight excluding hydrogens is 252 g/mol. The third-order valence-electron chi connectivity index (χ3n) is 3.60. The summed E-state index contributed by atoms with van der Waals surface area (Å²) in [6, 6.07) is -0.286. The van der Waals surface area contributed by atoms with Crippen molar-refractivity contribution in [3.63, 3.8) is 0 Å². The molecule has 2 aliphatic rings. The molecular formula is C12H20N2O5. The summed E-state index contributed by atoms with van der Waals surface area (Å²) >= 11 is 0. The summed E-state index contributed by atoms with van der Waals surface area (Å²) in [5.41, 5.74) is 0. The van der Waals surface area contributed by atoms with Gasteiger partial charge < -0.3 is 25.2 Å². The Labute approximate surface area is 111 Å². The smallest absolute Gasteiger partial charge is 0.329 e. The third-order valence-corrected chi connectivity index (χ3v) is 3.60. The zero-order valence-corrected chi connectivity index (χ0v) is 10.7. The first-order valence-electron chi connectivity index (χ1n) is 6.60. The number of carboxylic acid groups (broad SMARTS) is 1. The predicted octanol–water partition coefficient (Wildman–Crippen LogP) is -1.20. The van der Waals surface area contributed by atoms with Gasteiger partial charge >= 0.3 is 5.97 Å². The van der Waals surface area contributed by atoms with E-state index in [9.17, 15) is 14.7 Å². The molecule has 2 heterocycles. The molecule has 3 N–H and O–H groups in total. The number of carbonyl (C=O) groups is 2. The molecule has 2 saturated heterocycles. The molecule has 1 amide bonds. The predicted molar refractivity (Wildman–Crippen MR) is 65.6 cm³/mol. The normalized spacial score (nSPS) is 28.6. The first-order valence-corrected chi connectivity index (χ1v) is 6.60. The minimum atomic E-state index is -0.970. The lowest BCUT2D eigenvalue weighted by atomic mass is 10.1. The van der Waals surface area contributed by atoms with E-state index < -0.39 is 12.1 Å². The summed E-state index contributed by atoms with van der Waals surface area (Å²) in [5.74, 6) is -0.948. The van der Waals surface area contributed by atoms with Gasteiger partial charge in [-0.05, 0) is 19.3 Å². The number of piperidine rings is 1. The first-order chi connectivity index (χ1) is 9.06. The number of aliphatic hydroxyl groups excluding tert-OH is 1. The van der Waals surface area contributed by atoms with Gasteiger partial charge in [0.2, 0.25) is 5.91 Å². The van der Waals surface area contributed by atoms with Crippen LogP contribution in [0.3, 0.4) is 0 Å². The molecule has 0 saturated carbocycles. The van der Waals surface area contributed by atoms with E-state index >= 15 is 0 Å². The Morgan fingerprint density at radius 1 is 1.32 bits per heavy atom. The van der Waals surface area contributed by atoms with Crippen LogP contribution in [0.5, 0.6) is 0 Å². The largest absolute Gasteiger partial charge is 0.480 e. The summed E-state index contributed by atoms with van der Waals surface area (Å²) < 4.78 is 5.22. The lowest BCUT2D eigenvalue weighted by Crippen LogP contribution is -2.48. The van der Waals surface area contributed by atoms with Crippen molar-refractivity contribution >= 4 is 11.9 Å². The average molecular weight is 272 g/mol. The molecule has 0 bridgehead atoms. The number of hydrogen-bond acceptors (Lipinski definition) is 5. The van der Waals surface area contributed by atoms with Gasteiger partial charge in [-0.1, -0.05) is 0 Å². The number of rotatable bonds is 4. The zero-order chi connectivity index (χ0) is 13.8. The Hall–Kier alpha value is -1.18. The maximum Gasteiger partial charge on any atom is 0.329 e. The summed E-state index contributed by atoms with van der Waals surface area (Å²) in [6.45, 7) is 1.35. The molecule has 19 heavy (non-hydrogen) atoms. The van der Waals surface area contributed by atoms with E-state index in [4.69, 9.17) is 9.84 Å². The van der Waals surface area contributed by atoms with E-state index in [1.807, 2.05) is 0 Å². The second kappa shape index (κ2) is 6.31. The van der Waals surface area contributed by atoms with Crippen LogP contribution in [0, 0.1) is 0 Å². The van der Waals surface area contributed by atoms with Crippen LogP contribution in [0.15, 0.2) is 0 Å². The van der Waals surface area contributed by atoms with E-state index in [1.165, 1.54) is 0 Å². The lowest BCUT2D eigenvalue weighted by Gasteiger charge is -2.33. The average Bonchev–Trinajstić information content (AvgIpc) is 2.83. The molecule has 0 unspecified atom stereocenters. The minimum absolute atomic E-state index is 0.0215. The first kappa shape index (κ1) is 14.2. The summed E-state index contributed by atoms with van der Waals surface area (Å²) in [6.07, 6.45) is 1.27. The van der Waals surface area contributed by atoms with Crippen LogP contribution in [0.25, 0.3) is 0 Å². The molecule has 0 radical (unpaired) electrons. The van der Waals surface area contributed by atoms with Gasteiger partial charge in [0, 0.05) is 19.6 Å². The molecule has 2 fully saturated rings. The molecule has 108 valence electrons. The van der Waals surface area contributed by atoms with Crippen molar-refractivity contribution < 1.29 is 24.5 Å². The van der Waals surface area contributed by atoms with Crippen LogP contribution in [0.4, 0.5) is 0 Å². The summed E-state index contributed by atoms with van der Waals surface area (Å²) in [5, 5.41) is 20.9. The van der Waals surface area contributed by atoms with Gasteiger partial charge in [0.05, 0.1) is 18.2 Å². The number of aliphatic hydroxyl groups is 1. The highest BCUT2D eigenvalue weighted by Gasteiger charge is 2.33. The number of β-amino-alcohol motifs (C(OH)–C–C–N with tert-alkyl or cyclic N) is 1. The van der Waals surface area contributed by atoms with Crippen molar-refractivity contribution in [1.29, 1.82) is 0 Å². The molecule has 0 spiro atoms. The highest BCUT2D eigenvalue weighted by atomic mass is 16.5.